The predicted octanol–water partition coefficient (Wildman–Crippen LogP) is 2.75. The average Bonchev–Trinajstić information content (AvgIpc) is 2.70. The molecule has 0 aliphatic heterocycles. The number of hydrogen-bond donors (Lipinski definition) is 0. The molecule has 3 aromatic rings. The van der Waals surface area contributed by atoms with E-state index >= 15 is 0 Å². The molecule has 0 unspecified atom stereocenters. The van der Waals surface area contributed by atoms with Gasteiger partial charge in [0, 0.05) is 10.0 Å². The second kappa shape index (κ2) is 5.63. The van der Waals surface area contributed by atoms with Crippen LogP contribution in [0, 0.1) is 0 Å². The minimum atomic E-state index is -0.336. The SMILES string of the molecule is Cn1c2ccccc2c(C([O-])=Nc2cc(Cl)cc(Cl)c2)[n+]1C. The molecule has 0 spiro atoms. The molecule has 0 radical (unpaired) electrons. The smallest absolute Gasteiger partial charge is 0.249 e. The van der Waals surface area contributed by atoms with Gasteiger partial charge in [-0.15, -0.1) is 4.68 Å². The van der Waals surface area contributed by atoms with Crippen LogP contribution in [-0.2, 0) is 14.1 Å². The van der Waals surface area contributed by atoms with Gasteiger partial charge in [-0.3, -0.25) is 4.99 Å². The Bertz CT molecular complexity index is 880. The van der Waals surface area contributed by atoms with E-state index in [9.17, 15) is 5.11 Å². The normalized spacial score (nSPS) is 12.1. The third-order valence-corrected chi connectivity index (χ3v) is 4.00. The maximum Gasteiger partial charge on any atom is 0.249 e. The lowest BCUT2D eigenvalue weighted by atomic mass is 10.2. The Morgan fingerprint density at radius 2 is 1.77 bits per heavy atom. The maximum absolute atomic E-state index is 12.6. The van der Waals surface area contributed by atoms with E-state index < -0.39 is 0 Å². The minimum absolute atomic E-state index is 0.336. The molecule has 112 valence electrons. The summed E-state index contributed by atoms with van der Waals surface area (Å²) in [6, 6.07) is 12.5. The zero-order valence-electron chi connectivity index (χ0n) is 12.0. The Hall–Kier alpha value is -2.04. The van der Waals surface area contributed by atoms with Crippen LogP contribution < -0.4 is 9.79 Å². The summed E-state index contributed by atoms with van der Waals surface area (Å²) in [7, 11) is 3.73. The number of halogens is 2. The van der Waals surface area contributed by atoms with E-state index in [2.05, 4.69) is 4.99 Å². The molecule has 0 aliphatic carbocycles. The van der Waals surface area contributed by atoms with Crippen LogP contribution in [0.5, 0.6) is 0 Å². The van der Waals surface area contributed by atoms with Gasteiger partial charge in [0.1, 0.15) is 5.52 Å². The van der Waals surface area contributed by atoms with Crippen molar-refractivity contribution in [1.29, 1.82) is 0 Å². The molecule has 0 N–H and O–H groups in total. The fourth-order valence-electron chi connectivity index (χ4n) is 2.47. The molecule has 4 nitrogen and oxygen atoms in total. The van der Waals surface area contributed by atoms with Crippen LogP contribution in [-0.4, -0.2) is 10.6 Å². The van der Waals surface area contributed by atoms with Gasteiger partial charge >= 0.3 is 0 Å². The number of nitrogens with zero attached hydrogens (tertiary/aromatic N) is 3. The molecule has 1 aromatic heterocycles. The van der Waals surface area contributed by atoms with Crippen molar-refractivity contribution in [3.8, 4) is 0 Å². The number of fused-ring (bicyclic) bond motifs is 1. The fourth-order valence-corrected chi connectivity index (χ4v) is 2.98. The number of aryl methyl sites for hydroxylation is 1. The Morgan fingerprint density at radius 3 is 2.45 bits per heavy atom. The Balaban J connectivity index is 2.18. The van der Waals surface area contributed by atoms with Gasteiger partial charge in [0.2, 0.25) is 5.69 Å². The first kappa shape index (κ1) is 14.9. The Morgan fingerprint density at radius 1 is 1.14 bits per heavy atom. The van der Waals surface area contributed by atoms with Gasteiger partial charge in [0.05, 0.1) is 24.0 Å². The quantitative estimate of drug-likeness (QED) is 0.404. The summed E-state index contributed by atoms with van der Waals surface area (Å²) in [4.78, 5) is 4.13. The first-order chi connectivity index (χ1) is 10.5. The van der Waals surface area contributed by atoms with Gasteiger partial charge in [0.25, 0.3) is 0 Å². The number of benzene rings is 2. The summed E-state index contributed by atoms with van der Waals surface area (Å²) in [6.07, 6.45) is 0. The Kier molecular flexibility index (Phi) is 3.81. The zero-order valence-corrected chi connectivity index (χ0v) is 13.6. The van der Waals surface area contributed by atoms with Crippen molar-refractivity contribution in [2.24, 2.45) is 19.1 Å². The molecule has 0 saturated heterocycles. The molecule has 1 heterocycles. The van der Waals surface area contributed by atoms with Gasteiger partial charge in [-0.25, -0.2) is 0 Å². The van der Waals surface area contributed by atoms with Crippen LogP contribution in [0.15, 0.2) is 47.5 Å². The van der Waals surface area contributed by atoms with E-state index in [1.165, 1.54) is 0 Å². The van der Waals surface area contributed by atoms with Crippen molar-refractivity contribution in [3.63, 3.8) is 0 Å². The van der Waals surface area contributed by atoms with Gasteiger partial charge < -0.3 is 5.11 Å². The molecule has 22 heavy (non-hydrogen) atoms. The second-order valence-electron chi connectivity index (χ2n) is 4.96. The van der Waals surface area contributed by atoms with E-state index in [0.717, 1.165) is 10.9 Å². The molecule has 0 fully saturated rings. The molecular weight excluding hydrogens is 321 g/mol. The molecular formula is C16H13Cl2N3O. The van der Waals surface area contributed by atoms with Gasteiger partial charge in [-0.05, 0) is 30.3 Å². The number of rotatable bonds is 2. The topological polar surface area (TPSA) is 44.2 Å². The first-order valence-corrected chi connectivity index (χ1v) is 7.39. The molecule has 0 amide bonds. The highest BCUT2D eigenvalue weighted by atomic mass is 35.5. The van der Waals surface area contributed by atoms with Crippen molar-refractivity contribution in [2.75, 3.05) is 0 Å². The van der Waals surface area contributed by atoms with Crippen molar-refractivity contribution in [1.82, 2.24) is 4.68 Å². The third kappa shape index (κ3) is 2.56. The van der Waals surface area contributed by atoms with E-state index in [0.29, 0.717) is 21.4 Å². The largest absolute Gasteiger partial charge is 0.854 e. The predicted molar refractivity (Wildman–Crippen MR) is 86.8 cm³/mol. The van der Waals surface area contributed by atoms with E-state index in [4.69, 9.17) is 23.2 Å². The molecule has 3 rings (SSSR count). The Labute approximate surface area is 137 Å². The summed E-state index contributed by atoms with van der Waals surface area (Å²) >= 11 is 11.9. The van der Waals surface area contributed by atoms with E-state index in [1.807, 2.05) is 43.0 Å². The molecule has 2 aromatic carbocycles. The number of aromatic nitrogens is 2. The minimum Gasteiger partial charge on any atom is -0.854 e. The highest BCUT2D eigenvalue weighted by Gasteiger charge is 2.19. The lowest BCUT2D eigenvalue weighted by molar-refractivity contribution is -0.751. The van der Waals surface area contributed by atoms with Gasteiger partial charge in [0.15, 0.2) is 7.05 Å². The molecule has 0 saturated carbocycles. The fraction of sp³-hybridized carbons (Fsp3) is 0.125. The summed E-state index contributed by atoms with van der Waals surface area (Å²) in [5.41, 5.74) is 1.93. The number of para-hydroxylation sites is 1. The summed E-state index contributed by atoms with van der Waals surface area (Å²) in [5, 5.41) is 14.3. The lowest BCUT2D eigenvalue weighted by Gasteiger charge is -2.07. The highest BCUT2D eigenvalue weighted by Crippen LogP contribution is 2.25. The van der Waals surface area contributed by atoms with Crippen molar-refractivity contribution < 1.29 is 9.79 Å². The van der Waals surface area contributed by atoms with Crippen LogP contribution >= 0.6 is 23.2 Å². The summed E-state index contributed by atoms with van der Waals surface area (Å²) in [5.74, 6) is -0.336. The van der Waals surface area contributed by atoms with Crippen molar-refractivity contribution in [2.45, 2.75) is 0 Å². The number of aliphatic imine (C=N–C) groups is 1. The first-order valence-electron chi connectivity index (χ1n) is 6.63. The van der Waals surface area contributed by atoms with E-state index in [1.54, 1.807) is 22.9 Å². The monoisotopic (exact) mass is 333 g/mol. The van der Waals surface area contributed by atoms with Crippen LogP contribution in [0.25, 0.3) is 10.9 Å². The van der Waals surface area contributed by atoms with Crippen LogP contribution in [0.3, 0.4) is 0 Å². The average molecular weight is 334 g/mol. The van der Waals surface area contributed by atoms with Crippen LogP contribution in [0.2, 0.25) is 10.0 Å². The van der Waals surface area contributed by atoms with Crippen molar-refractivity contribution in [3.05, 3.63) is 58.2 Å². The number of hydrogen-bond acceptors (Lipinski definition) is 2. The molecule has 6 heteroatoms. The van der Waals surface area contributed by atoms with Crippen LogP contribution in [0.1, 0.15) is 5.69 Å². The lowest BCUT2D eigenvalue weighted by Crippen LogP contribution is -2.44. The zero-order chi connectivity index (χ0) is 15.9. The van der Waals surface area contributed by atoms with Gasteiger partial charge in [-0.2, -0.15) is 4.68 Å². The standard InChI is InChI=1S/C16H13Cl2N3O/c1-20-14-6-4-3-5-13(14)15(21(20)2)16(22)19-12-8-10(17)7-11(18)9-12/h3-9H,1-2H3. The van der Waals surface area contributed by atoms with Gasteiger partial charge in [-0.1, -0.05) is 35.3 Å². The van der Waals surface area contributed by atoms with Crippen LogP contribution in [0.4, 0.5) is 5.69 Å². The van der Waals surface area contributed by atoms with E-state index in [-0.39, 0.29) is 5.90 Å². The highest BCUT2D eigenvalue weighted by molar-refractivity contribution is 6.35. The molecule has 0 bridgehead atoms. The summed E-state index contributed by atoms with van der Waals surface area (Å²) < 4.78 is 3.69. The second-order valence-corrected chi connectivity index (χ2v) is 5.83. The van der Waals surface area contributed by atoms with Crippen molar-refractivity contribution >= 4 is 45.7 Å². The third-order valence-electron chi connectivity index (χ3n) is 3.56. The maximum atomic E-state index is 12.6. The summed E-state index contributed by atoms with van der Waals surface area (Å²) in [6.45, 7) is 0. The molecule has 0 atom stereocenters. The molecule has 0 aliphatic rings.